The zero-order valence-corrected chi connectivity index (χ0v) is 8.61. The van der Waals surface area contributed by atoms with Crippen LogP contribution in [0.4, 0.5) is 6.01 Å². The smallest absolute Gasteiger partial charge is 0.315 e. The Morgan fingerprint density at radius 2 is 2.20 bits per heavy atom. The van der Waals surface area contributed by atoms with Crippen LogP contribution in [-0.2, 0) is 4.74 Å². The summed E-state index contributed by atoms with van der Waals surface area (Å²) in [6, 6.07) is 0.469. The van der Waals surface area contributed by atoms with Crippen molar-refractivity contribution >= 4 is 6.01 Å². The molecule has 2 heterocycles. The fraction of sp³-hybridized carbons (Fsp3) is 0.600. The largest absolute Gasteiger partial charge is 0.408 e. The van der Waals surface area contributed by atoms with Crippen LogP contribution in [0, 0.1) is 0 Å². The van der Waals surface area contributed by atoms with Crippen molar-refractivity contribution in [1.82, 2.24) is 10.2 Å². The Kier molecular flexibility index (Phi) is 3.34. The van der Waals surface area contributed by atoms with Crippen molar-refractivity contribution in [2.24, 2.45) is 0 Å². The summed E-state index contributed by atoms with van der Waals surface area (Å²) in [5.74, 6) is 1.07. The maximum Gasteiger partial charge on any atom is 0.315 e. The Labute approximate surface area is 88.5 Å². The fourth-order valence-corrected chi connectivity index (χ4v) is 1.58. The molecule has 0 bridgehead atoms. The van der Waals surface area contributed by atoms with Crippen molar-refractivity contribution in [1.29, 1.82) is 0 Å². The van der Waals surface area contributed by atoms with Gasteiger partial charge in [-0.3, -0.25) is 0 Å². The molecule has 5 heteroatoms. The van der Waals surface area contributed by atoms with E-state index in [1.165, 1.54) is 0 Å². The molecule has 1 aliphatic heterocycles. The lowest BCUT2D eigenvalue weighted by atomic mass is 10.0. The molecule has 1 aromatic heterocycles. The Morgan fingerprint density at radius 3 is 2.93 bits per heavy atom. The number of hydrogen-bond donors (Lipinski definition) is 1. The second kappa shape index (κ2) is 4.93. The summed E-state index contributed by atoms with van der Waals surface area (Å²) in [7, 11) is 0. The standard InChI is InChI=1S/C10H15N3O2/c1-2-5-11-10-13-12-9(15-10)8-3-6-14-7-4-8/h2,8H,1,3-7H2,(H,11,13). The quantitative estimate of drug-likeness (QED) is 0.762. The normalized spacial score (nSPS) is 17.6. The molecule has 5 nitrogen and oxygen atoms in total. The number of rotatable bonds is 4. The van der Waals surface area contributed by atoms with E-state index in [9.17, 15) is 0 Å². The fourth-order valence-electron chi connectivity index (χ4n) is 1.58. The minimum Gasteiger partial charge on any atom is -0.408 e. The van der Waals surface area contributed by atoms with Crippen LogP contribution in [0.2, 0.25) is 0 Å². The zero-order valence-electron chi connectivity index (χ0n) is 8.61. The van der Waals surface area contributed by atoms with Crippen LogP contribution >= 0.6 is 0 Å². The first-order chi connectivity index (χ1) is 7.40. The number of aromatic nitrogens is 2. The average molecular weight is 209 g/mol. The molecular formula is C10H15N3O2. The summed E-state index contributed by atoms with van der Waals surface area (Å²) in [5.41, 5.74) is 0. The van der Waals surface area contributed by atoms with Crippen LogP contribution in [0.25, 0.3) is 0 Å². The van der Waals surface area contributed by atoms with Crippen LogP contribution in [0.3, 0.4) is 0 Å². The Hall–Kier alpha value is -1.36. The van der Waals surface area contributed by atoms with Gasteiger partial charge in [-0.25, -0.2) is 0 Å². The highest BCUT2D eigenvalue weighted by molar-refractivity contribution is 5.18. The van der Waals surface area contributed by atoms with Gasteiger partial charge < -0.3 is 14.5 Å². The number of anilines is 1. The van der Waals surface area contributed by atoms with Crippen LogP contribution in [0.1, 0.15) is 24.7 Å². The molecule has 0 aliphatic carbocycles. The second-order valence-corrected chi connectivity index (χ2v) is 3.50. The van der Waals surface area contributed by atoms with Crippen molar-refractivity contribution in [2.45, 2.75) is 18.8 Å². The third-order valence-corrected chi connectivity index (χ3v) is 2.41. The number of nitrogens with one attached hydrogen (secondary N) is 1. The average Bonchev–Trinajstić information content (AvgIpc) is 2.76. The van der Waals surface area contributed by atoms with Gasteiger partial charge in [-0.15, -0.1) is 11.7 Å². The van der Waals surface area contributed by atoms with Crippen molar-refractivity contribution in [3.05, 3.63) is 18.5 Å². The molecule has 2 rings (SSSR count). The van der Waals surface area contributed by atoms with Gasteiger partial charge in [0.25, 0.3) is 0 Å². The van der Waals surface area contributed by atoms with Crippen molar-refractivity contribution in [3.63, 3.8) is 0 Å². The van der Waals surface area contributed by atoms with Crippen LogP contribution in [0.5, 0.6) is 0 Å². The zero-order chi connectivity index (χ0) is 10.5. The van der Waals surface area contributed by atoms with E-state index in [0.29, 0.717) is 24.4 Å². The van der Waals surface area contributed by atoms with E-state index < -0.39 is 0 Å². The number of hydrogen-bond acceptors (Lipinski definition) is 5. The first kappa shape index (κ1) is 10.2. The van der Waals surface area contributed by atoms with E-state index in [-0.39, 0.29) is 0 Å². The summed E-state index contributed by atoms with van der Waals surface area (Å²) < 4.78 is 10.8. The predicted octanol–water partition coefficient (Wildman–Crippen LogP) is 1.56. The first-order valence-electron chi connectivity index (χ1n) is 5.16. The predicted molar refractivity (Wildman–Crippen MR) is 55.8 cm³/mol. The lowest BCUT2D eigenvalue weighted by Gasteiger charge is -2.18. The number of ether oxygens (including phenoxy) is 1. The van der Waals surface area contributed by atoms with E-state index in [0.717, 1.165) is 26.1 Å². The summed E-state index contributed by atoms with van der Waals surface area (Å²) >= 11 is 0. The highest BCUT2D eigenvalue weighted by Crippen LogP contribution is 2.26. The molecule has 1 aliphatic rings. The molecule has 82 valence electrons. The van der Waals surface area contributed by atoms with Gasteiger partial charge in [-0.2, -0.15) is 0 Å². The van der Waals surface area contributed by atoms with Gasteiger partial charge in [0.1, 0.15) is 0 Å². The lowest BCUT2D eigenvalue weighted by Crippen LogP contribution is -2.14. The van der Waals surface area contributed by atoms with Crippen LogP contribution < -0.4 is 5.32 Å². The van der Waals surface area contributed by atoms with Crippen molar-refractivity contribution in [3.8, 4) is 0 Å². The Bertz CT molecular complexity index is 318. The van der Waals surface area contributed by atoms with E-state index in [1.54, 1.807) is 6.08 Å². The van der Waals surface area contributed by atoms with Crippen LogP contribution in [-0.4, -0.2) is 30.0 Å². The van der Waals surface area contributed by atoms with Crippen molar-refractivity contribution < 1.29 is 9.15 Å². The van der Waals surface area contributed by atoms with E-state index >= 15 is 0 Å². The third kappa shape index (κ3) is 2.56. The van der Waals surface area contributed by atoms with Gasteiger partial charge in [-0.05, 0) is 12.8 Å². The Balaban J connectivity index is 1.95. The maximum atomic E-state index is 5.49. The van der Waals surface area contributed by atoms with Crippen molar-refractivity contribution in [2.75, 3.05) is 25.1 Å². The third-order valence-electron chi connectivity index (χ3n) is 2.41. The SMILES string of the molecule is C=CCNc1nnc(C2CCOCC2)o1. The summed E-state index contributed by atoms with van der Waals surface area (Å²) in [6.45, 7) is 5.80. The maximum absolute atomic E-state index is 5.49. The van der Waals surface area contributed by atoms with Gasteiger partial charge in [0.05, 0.1) is 0 Å². The topological polar surface area (TPSA) is 60.2 Å². The molecule has 0 aromatic carbocycles. The minimum atomic E-state index is 0.352. The number of nitrogens with zero attached hydrogens (tertiary/aromatic N) is 2. The highest BCUT2D eigenvalue weighted by atomic mass is 16.5. The molecule has 0 atom stereocenters. The molecular weight excluding hydrogens is 194 g/mol. The van der Waals surface area contributed by atoms with Gasteiger partial charge >= 0.3 is 6.01 Å². The molecule has 0 unspecified atom stereocenters. The van der Waals surface area contributed by atoms with Gasteiger partial charge in [0.15, 0.2) is 0 Å². The van der Waals surface area contributed by atoms with E-state index in [1.807, 2.05) is 0 Å². The molecule has 15 heavy (non-hydrogen) atoms. The van der Waals surface area contributed by atoms with E-state index in [2.05, 4.69) is 22.1 Å². The van der Waals surface area contributed by atoms with Gasteiger partial charge in [0.2, 0.25) is 5.89 Å². The summed E-state index contributed by atoms with van der Waals surface area (Å²) in [4.78, 5) is 0. The van der Waals surface area contributed by atoms with Gasteiger partial charge in [-0.1, -0.05) is 11.2 Å². The molecule has 0 saturated carbocycles. The molecule has 0 spiro atoms. The minimum absolute atomic E-state index is 0.352. The van der Waals surface area contributed by atoms with Crippen LogP contribution in [0.15, 0.2) is 17.1 Å². The molecule has 0 radical (unpaired) electrons. The molecule has 1 aromatic rings. The monoisotopic (exact) mass is 209 g/mol. The molecule has 1 fully saturated rings. The Morgan fingerprint density at radius 1 is 1.40 bits per heavy atom. The lowest BCUT2D eigenvalue weighted by molar-refractivity contribution is 0.0796. The molecule has 1 N–H and O–H groups in total. The van der Waals surface area contributed by atoms with E-state index in [4.69, 9.17) is 9.15 Å². The first-order valence-corrected chi connectivity index (χ1v) is 5.16. The molecule has 1 saturated heterocycles. The molecule has 0 amide bonds. The van der Waals surface area contributed by atoms with Gasteiger partial charge in [0, 0.05) is 25.7 Å². The summed E-state index contributed by atoms with van der Waals surface area (Å²) in [6.07, 6.45) is 3.67. The second-order valence-electron chi connectivity index (χ2n) is 3.50. The summed E-state index contributed by atoms with van der Waals surface area (Å²) in [5, 5.41) is 10.9. The highest BCUT2D eigenvalue weighted by Gasteiger charge is 2.21.